The van der Waals surface area contributed by atoms with E-state index in [1.54, 1.807) is 16.7 Å². The third-order valence-electron chi connectivity index (χ3n) is 3.14. The lowest BCUT2D eigenvalue weighted by Crippen LogP contribution is -2.33. The van der Waals surface area contributed by atoms with Crippen LogP contribution in [-0.4, -0.2) is 19.1 Å². The molecular formula is C13H11ClN4O2. The highest BCUT2D eigenvalue weighted by Gasteiger charge is 2.11. The summed E-state index contributed by atoms with van der Waals surface area (Å²) >= 11 is 5.84. The number of nitrogens with zero attached hydrogens (tertiary/aromatic N) is 3. The fourth-order valence-corrected chi connectivity index (χ4v) is 2.17. The first-order chi connectivity index (χ1) is 9.56. The Balaban J connectivity index is 2.13. The normalized spacial score (nSPS) is 11.1. The van der Waals surface area contributed by atoms with Gasteiger partial charge in [-0.3, -0.25) is 14.3 Å². The topological polar surface area (TPSA) is 72.7 Å². The molecule has 7 heteroatoms. The minimum Gasteiger partial charge on any atom is -0.320 e. The molecule has 0 aliphatic carbocycles. The fraction of sp³-hybridized carbons (Fsp3) is 0.154. The maximum Gasteiger partial charge on any atom is 0.329 e. The van der Waals surface area contributed by atoms with E-state index in [4.69, 9.17) is 11.6 Å². The summed E-state index contributed by atoms with van der Waals surface area (Å²) in [5.74, 6) is 0. The van der Waals surface area contributed by atoms with Gasteiger partial charge in [-0.2, -0.15) is 0 Å². The van der Waals surface area contributed by atoms with Crippen LogP contribution in [0.2, 0.25) is 5.02 Å². The van der Waals surface area contributed by atoms with E-state index in [1.807, 2.05) is 12.1 Å². The van der Waals surface area contributed by atoms with E-state index < -0.39 is 5.69 Å². The van der Waals surface area contributed by atoms with Gasteiger partial charge in [-0.05, 0) is 17.7 Å². The number of hydrogen-bond acceptors (Lipinski definition) is 3. The van der Waals surface area contributed by atoms with E-state index in [9.17, 15) is 9.59 Å². The second-order valence-electron chi connectivity index (χ2n) is 4.49. The molecule has 20 heavy (non-hydrogen) atoms. The Bertz CT molecular complexity index is 889. The van der Waals surface area contributed by atoms with Gasteiger partial charge in [0.15, 0.2) is 11.2 Å². The molecule has 0 saturated carbocycles. The first kappa shape index (κ1) is 12.7. The number of H-pyrrole nitrogens is 1. The minimum atomic E-state index is -0.473. The van der Waals surface area contributed by atoms with Crippen LogP contribution in [0.4, 0.5) is 0 Å². The van der Waals surface area contributed by atoms with E-state index in [0.29, 0.717) is 22.7 Å². The van der Waals surface area contributed by atoms with Gasteiger partial charge in [0.1, 0.15) is 0 Å². The second kappa shape index (κ2) is 4.64. The molecule has 2 aromatic heterocycles. The molecule has 1 N–H and O–H groups in total. The highest BCUT2D eigenvalue weighted by molar-refractivity contribution is 6.30. The first-order valence-electron chi connectivity index (χ1n) is 5.95. The van der Waals surface area contributed by atoms with E-state index in [1.165, 1.54) is 13.4 Å². The zero-order chi connectivity index (χ0) is 14.3. The van der Waals surface area contributed by atoms with E-state index in [-0.39, 0.29) is 5.56 Å². The maximum absolute atomic E-state index is 12.1. The van der Waals surface area contributed by atoms with Crippen molar-refractivity contribution >= 4 is 22.8 Å². The number of benzene rings is 1. The average Bonchev–Trinajstić information content (AvgIpc) is 2.82. The Hall–Kier alpha value is -2.34. The number of rotatable bonds is 2. The molecular weight excluding hydrogens is 280 g/mol. The molecule has 0 bridgehead atoms. The molecule has 0 spiro atoms. The molecule has 0 radical (unpaired) electrons. The number of aromatic amines is 1. The Morgan fingerprint density at radius 3 is 2.65 bits per heavy atom. The van der Waals surface area contributed by atoms with Gasteiger partial charge in [0.25, 0.3) is 5.56 Å². The number of hydrogen-bond donors (Lipinski definition) is 1. The van der Waals surface area contributed by atoms with Gasteiger partial charge < -0.3 is 4.57 Å². The van der Waals surface area contributed by atoms with Crippen molar-refractivity contribution in [1.82, 2.24) is 19.1 Å². The minimum absolute atomic E-state index is 0.298. The number of halogens is 1. The van der Waals surface area contributed by atoms with Crippen molar-refractivity contribution in [1.29, 1.82) is 0 Å². The number of imidazole rings is 1. The van der Waals surface area contributed by atoms with E-state index in [0.717, 1.165) is 10.1 Å². The molecule has 3 aromatic rings. The van der Waals surface area contributed by atoms with Gasteiger partial charge in [0, 0.05) is 18.6 Å². The van der Waals surface area contributed by atoms with Crippen molar-refractivity contribution in [3.63, 3.8) is 0 Å². The quantitative estimate of drug-likeness (QED) is 0.769. The first-order valence-corrected chi connectivity index (χ1v) is 6.32. The van der Waals surface area contributed by atoms with Crippen LogP contribution in [0, 0.1) is 0 Å². The highest BCUT2D eigenvalue weighted by Crippen LogP contribution is 2.12. The molecule has 0 aliphatic heterocycles. The van der Waals surface area contributed by atoms with Crippen LogP contribution in [0.1, 0.15) is 5.56 Å². The third-order valence-corrected chi connectivity index (χ3v) is 3.39. The Morgan fingerprint density at radius 1 is 1.25 bits per heavy atom. The van der Waals surface area contributed by atoms with Crippen LogP contribution < -0.4 is 11.2 Å². The monoisotopic (exact) mass is 290 g/mol. The Morgan fingerprint density at radius 2 is 1.95 bits per heavy atom. The summed E-state index contributed by atoms with van der Waals surface area (Å²) in [5, 5.41) is 0.657. The molecule has 3 rings (SSSR count). The molecule has 6 nitrogen and oxygen atoms in total. The van der Waals surface area contributed by atoms with Crippen LogP contribution in [0.25, 0.3) is 11.2 Å². The summed E-state index contributed by atoms with van der Waals surface area (Å²) in [6, 6.07) is 7.33. The largest absolute Gasteiger partial charge is 0.329 e. The number of aromatic nitrogens is 4. The van der Waals surface area contributed by atoms with Crippen LogP contribution in [0.5, 0.6) is 0 Å². The van der Waals surface area contributed by atoms with Crippen LogP contribution in [0.15, 0.2) is 40.2 Å². The number of nitrogens with one attached hydrogen (secondary N) is 1. The third kappa shape index (κ3) is 2.04. The van der Waals surface area contributed by atoms with Crippen molar-refractivity contribution in [2.45, 2.75) is 6.54 Å². The van der Waals surface area contributed by atoms with E-state index in [2.05, 4.69) is 9.97 Å². The van der Waals surface area contributed by atoms with Gasteiger partial charge in [-0.15, -0.1) is 0 Å². The van der Waals surface area contributed by atoms with Crippen molar-refractivity contribution in [3.8, 4) is 0 Å². The molecule has 0 fully saturated rings. The van der Waals surface area contributed by atoms with E-state index >= 15 is 0 Å². The Labute approximate surface area is 118 Å². The maximum atomic E-state index is 12.1. The van der Waals surface area contributed by atoms with Crippen molar-refractivity contribution in [2.24, 2.45) is 7.05 Å². The molecule has 0 unspecified atom stereocenters. The van der Waals surface area contributed by atoms with Gasteiger partial charge in [-0.25, -0.2) is 9.78 Å². The zero-order valence-electron chi connectivity index (χ0n) is 10.6. The van der Waals surface area contributed by atoms with Crippen LogP contribution >= 0.6 is 11.6 Å². The highest BCUT2D eigenvalue weighted by atomic mass is 35.5. The summed E-state index contributed by atoms with van der Waals surface area (Å²) in [7, 11) is 1.43. The van der Waals surface area contributed by atoms with Crippen molar-refractivity contribution in [3.05, 3.63) is 62.0 Å². The predicted molar refractivity (Wildman–Crippen MR) is 76.1 cm³/mol. The van der Waals surface area contributed by atoms with Crippen LogP contribution in [0.3, 0.4) is 0 Å². The lowest BCUT2D eigenvalue weighted by atomic mass is 10.2. The molecule has 0 amide bonds. The summed E-state index contributed by atoms with van der Waals surface area (Å²) in [4.78, 5) is 30.3. The molecule has 102 valence electrons. The predicted octanol–water partition coefficient (Wildman–Crippen LogP) is 1.12. The van der Waals surface area contributed by atoms with Crippen molar-refractivity contribution < 1.29 is 0 Å². The lowest BCUT2D eigenvalue weighted by molar-refractivity contribution is 0.768. The van der Waals surface area contributed by atoms with Gasteiger partial charge in [0.05, 0.1) is 6.33 Å². The molecule has 0 atom stereocenters. The Kier molecular flexibility index (Phi) is 2.94. The molecule has 0 aliphatic rings. The van der Waals surface area contributed by atoms with Gasteiger partial charge >= 0.3 is 5.69 Å². The SMILES string of the molecule is Cn1c(=O)[nH]c2ncn(Cc3ccc(Cl)cc3)c2c1=O. The van der Waals surface area contributed by atoms with Gasteiger partial charge in [-0.1, -0.05) is 23.7 Å². The number of fused-ring (bicyclic) bond motifs is 1. The summed E-state index contributed by atoms with van der Waals surface area (Å²) in [6.07, 6.45) is 1.54. The molecule has 0 saturated heterocycles. The zero-order valence-corrected chi connectivity index (χ0v) is 11.4. The van der Waals surface area contributed by atoms with Crippen molar-refractivity contribution in [2.75, 3.05) is 0 Å². The second-order valence-corrected chi connectivity index (χ2v) is 4.93. The summed E-state index contributed by atoms with van der Waals surface area (Å²) in [6.45, 7) is 0.481. The fourth-order valence-electron chi connectivity index (χ4n) is 2.04. The molecule has 1 aromatic carbocycles. The molecule has 2 heterocycles. The smallest absolute Gasteiger partial charge is 0.320 e. The standard InChI is InChI=1S/C13H11ClN4O2/c1-17-12(19)10-11(16-13(17)20)15-7-18(10)6-8-2-4-9(14)5-3-8/h2-5,7H,6H2,1H3,(H,16,20). The van der Waals surface area contributed by atoms with Crippen LogP contribution in [-0.2, 0) is 13.6 Å². The van der Waals surface area contributed by atoms with Gasteiger partial charge in [0.2, 0.25) is 0 Å². The lowest BCUT2D eigenvalue weighted by Gasteiger charge is -2.05. The summed E-state index contributed by atoms with van der Waals surface area (Å²) < 4.78 is 2.74. The summed E-state index contributed by atoms with van der Waals surface area (Å²) in [5.41, 5.74) is 0.825. The average molecular weight is 291 g/mol.